The zero-order valence-corrected chi connectivity index (χ0v) is 12.5. The van der Waals surface area contributed by atoms with E-state index in [1.165, 1.54) is 0 Å². The van der Waals surface area contributed by atoms with E-state index in [9.17, 15) is 9.90 Å². The number of aryl methyl sites for hydroxylation is 1. The van der Waals surface area contributed by atoms with Gasteiger partial charge in [-0.1, -0.05) is 5.16 Å². The minimum Gasteiger partial charge on any atom is -0.392 e. The average molecular weight is 294 g/mol. The molecule has 2 fully saturated rings. The molecule has 6 heteroatoms. The molecule has 1 amide bonds. The van der Waals surface area contributed by atoms with Crippen molar-refractivity contribution in [1.29, 1.82) is 0 Å². The number of amides is 1. The van der Waals surface area contributed by atoms with Gasteiger partial charge in [0.15, 0.2) is 0 Å². The highest BCUT2D eigenvalue weighted by Crippen LogP contribution is 2.51. The predicted molar refractivity (Wildman–Crippen MR) is 74.8 cm³/mol. The second kappa shape index (κ2) is 5.42. The van der Waals surface area contributed by atoms with E-state index in [1.807, 2.05) is 6.92 Å². The number of aliphatic hydroxyl groups is 1. The zero-order chi connectivity index (χ0) is 15.0. The van der Waals surface area contributed by atoms with Crippen molar-refractivity contribution in [2.75, 3.05) is 19.7 Å². The summed E-state index contributed by atoms with van der Waals surface area (Å²) >= 11 is 0. The summed E-state index contributed by atoms with van der Waals surface area (Å²) in [6.45, 7) is 5.68. The lowest BCUT2D eigenvalue weighted by atomic mass is 9.58. The van der Waals surface area contributed by atoms with Gasteiger partial charge in [0.2, 0.25) is 5.76 Å². The third-order valence-corrected chi connectivity index (χ3v) is 4.93. The normalized spacial score (nSPS) is 27.7. The number of aliphatic hydroxyl groups excluding tert-OH is 1. The van der Waals surface area contributed by atoms with Gasteiger partial charge < -0.3 is 19.3 Å². The van der Waals surface area contributed by atoms with Crippen molar-refractivity contribution < 1.29 is 19.2 Å². The molecule has 0 unspecified atom stereocenters. The maximum Gasteiger partial charge on any atom is 0.292 e. The molecule has 2 heterocycles. The summed E-state index contributed by atoms with van der Waals surface area (Å²) in [7, 11) is 0. The molecule has 21 heavy (non-hydrogen) atoms. The molecule has 2 atom stereocenters. The molecule has 6 nitrogen and oxygen atoms in total. The first kappa shape index (κ1) is 14.5. The fourth-order valence-electron chi connectivity index (χ4n) is 3.56. The molecule has 1 saturated carbocycles. The van der Waals surface area contributed by atoms with Gasteiger partial charge in [0.05, 0.1) is 17.9 Å². The van der Waals surface area contributed by atoms with E-state index < -0.39 is 0 Å². The Morgan fingerprint density at radius 1 is 1.57 bits per heavy atom. The van der Waals surface area contributed by atoms with Crippen LogP contribution in [0.5, 0.6) is 0 Å². The van der Waals surface area contributed by atoms with Crippen LogP contribution < -0.4 is 0 Å². The van der Waals surface area contributed by atoms with E-state index in [0.717, 1.165) is 12.8 Å². The monoisotopic (exact) mass is 294 g/mol. The van der Waals surface area contributed by atoms with E-state index in [1.54, 1.807) is 17.9 Å². The minimum absolute atomic E-state index is 0.118. The van der Waals surface area contributed by atoms with Gasteiger partial charge in [-0.05, 0) is 26.7 Å². The van der Waals surface area contributed by atoms with Crippen LogP contribution >= 0.6 is 0 Å². The lowest BCUT2D eigenvalue weighted by Crippen LogP contribution is -2.62. The molecule has 1 aliphatic heterocycles. The Balaban J connectivity index is 1.63. The van der Waals surface area contributed by atoms with Gasteiger partial charge in [0, 0.05) is 37.6 Å². The Labute approximate surface area is 124 Å². The highest BCUT2D eigenvalue weighted by Gasteiger charge is 2.56. The van der Waals surface area contributed by atoms with Crippen LogP contribution in [0.25, 0.3) is 0 Å². The quantitative estimate of drug-likeness (QED) is 0.911. The number of carbonyl (C=O) groups excluding carboxylic acids is 1. The van der Waals surface area contributed by atoms with Gasteiger partial charge in [-0.3, -0.25) is 4.79 Å². The van der Waals surface area contributed by atoms with Gasteiger partial charge in [-0.25, -0.2) is 0 Å². The SMILES string of the molecule is CCO[C@@H]1C[C@H](O)C12CCN(C(=O)c1cc(C)no1)CC2. The maximum absolute atomic E-state index is 12.3. The number of ether oxygens (including phenoxy) is 1. The van der Waals surface area contributed by atoms with E-state index in [-0.39, 0.29) is 23.5 Å². The molecule has 2 aliphatic rings. The number of hydrogen-bond acceptors (Lipinski definition) is 5. The summed E-state index contributed by atoms with van der Waals surface area (Å²) in [5.41, 5.74) is 0.544. The van der Waals surface area contributed by atoms with Gasteiger partial charge in [-0.2, -0.15) is 0 Å². The van der Waals surface area contributed by atoms with Crippen molar-refractivity contribution in [3.05, 3.63) is 17.5 Å². The molecule has 0 aromatic carbocycles. The molecule has 1 aromatic rings. The molecule has 0 bridgehead atoms. The summed E-state index contributed by atoms with van der Waals surface area (Å²) in [5.74, 6) is 0.172. The van der Waals surface area contributed by atoms with E-state index >= 15 is 0 Å². The fourth-order valence-corrected chi connectivity index (χ4v) is 3.56. The van der Waals surface area contributed by atoms with E-state index in [2.05, 4.69) is 5.16 Å². The van der Waals surface area contributed by atoms with Crippen LogP contribution in [0.4, 0.5) is 0 Å². The molecular weight excluding hydrogens is 272 g/mol. The Morgan fingerprint density at radius 3 is 2.81 bits per heavy atom. The molecule has 0 radical (unpaired) electrons. The molecule has 1 aliphatic carbocycles. The van der Waals surface area contributed by atoms with Crippen molar-refractivity contribution >= 4 is 5.91 Å². The summed E-state index contributed by atoms with van der Waals surface area (Å²) in [6, 6.07) is 1.66. The Kier molecular flexibility index (Phi) is 3.75. The van der Waals surface area contributed by atoms with Crippen LogP contribution in [0.3, 0.4) is 0 Å². The molecular formula is C15H22N2O4. The van der Waals surface area contributed by atoms with Crippen LogP contribution in [-0.2, 0) is 4.74 Å². The van der Waals surface area contributed by atoms with Crippen molar-refractivity contribution in [2.24, 2.45) is 5.41 Å². The minimum atomic E-state index is -0.307. The first-order valence-corrected chi connectivity index (χ1v) is 7.59. The van der Waals surface area contributed by atoms with Gasteiger partial charge in [-0.15, -0.1) is 0 Å². The third-order valence-electron chi connectivity index (χ3n) is 4.93. The largest absolute Gasteiger partial charge is 0.392 e. The summed E-state index contributed by atoms with van der Waals surface area (Å²) in [5, 5.41) is 13.9. The van der Waals surface area contributed by atoms with E-state index in [4.69, 9.17) is 9.26 Å². The van der Waals surface area contributed by atoms with Crippen LogP contribution in [-0.4, -0.2) is 53.0 Å². The summed E-state index contributed by atoms with van der Waals surface area (Å²) in [6.07, 6.45) is 2.08. The highest BCUT2D eigenvalue weighted by molar-refractivity contribution is 5.91. The zero-order valence-electron chi connectivity index (χ0n) is 12.5. The van der Waals surface area contributed by atoms with Gasteiger partial charge >= 0.3 is 0 Å². The number of carbonyl (C=O) groups is 1. The summed E-state index contributed by atoms with van der Waals surface area (Å²) < 4.78 is 10.8. The number of likely N-dealkylation sites (tertiary alicyclic amines) is 1. The van der Waals surface area contributed by atoms with Crippen molar-refractivity contribution in [3.8, 4) is 0 Å². The van der Waals surface area contributed by atoms with Crippen LogP contribution in [0.2, 0.25) is 0 Å². The number of hydrogen-bond donors (Lipinski definition) is 1. The van der Waals surface area contributed by atoms with Crippen molar-refractivity contribution in [2.45, 2.75) is 45.3 Å². The molecule has 116 valence electrons. The van der Waals surface area contributed by atoms with Crippen molar-refractivity contribution in [1.82, 2.24) is 10.1 Å². The smallest absolute Gasteiger partial charge is 0.292 e. The van der Waals surface area contributed by atoms with Gasteiger partial charge in [0.25, 0.3) is 5.91 Å². The molecule has 1 aromatic heterocycles. The van der Waals surface area contributed by atoms with Crippen LogP contribution in [0.15, 0.2) is 10.6 Å². The average Bonchev–Trinajstić information content (AvgIpc) is 2.93. The van der Waals surface area contributed by atoms with Gasteiger partial charge in [0.1, 0.15) is 0 Å². The standard InChI is InChI=1S/C15H22N2O4/c1-3-20-13-9-12(18)15(13)4-6-17(7-5-15)14(19)11-8-10(2)16-21-11/h8,12-13,18H,3-7,9H2,1-2H3/t12-,13+/m0/s1. The van der Waals surface area contributed by atoms with E-state index in [0.29, 0.717) is 37.6 Å². The maximum atomic E-state index is 12.3. The fraction of sp³-hybridized carbons (Fsp3) is 0.733. The molecule has 1 spiro atoms. The van der Waals surface area contributed by atoms with Crippen LogP contribution in [0.1, 0.15) is 42.4 Å². The second-order valence-electron chi connectivity index (χ2n) is 6.05. The Morgan fingerprint density at radius 2 is 2.29 bits per heavy atom. The Hall–Kier alpha value is -1.40. The lowest BCUT2D eigenvalue weighted by molar-refractivity contribution is -0.207. The Bertz CT molecular complexity index is 517. The molecule has 1 saturated heterocycles. The highest BCUT2D eigenvalue weighted by atomic mass is 16.5. The molecule has 3 rings (SSSR count). The first-order valence-electron chi connectivity index (χ1n) is 7.59. The summed E-state index contributed by atoms with van der Waals surface area (Å²) in [4.78, 5) is 14.1. The first-order chi connectivity index (χ1) is 10.1. The predicted octanol–water partition coefficient (Wildman–Crippen LogP) is 1.38. The second-order valence-corrected chi connectivity index (χ2v) is 6.05. The molecule has 1 N–H and O–H groups in total. The number of rotatable bonds is 3. The lowest BCUT2D eigenvalue weighted by Gasteiger charge is -2.56. The number of aromatic nitrogens is 1. The third kappa shape index (κ3) is 2.36. The van der Waals surface area contributed by atoms with Crippen LogP contribution in [0, 0.1) is 12.3 Å². The van der Waals surface area contributed by atoms with Crippen molar-refractivity contribution in [3.63, 3.8) is 0 Å². The topological polar surface area (TPSA) is 75.8 Å². The number of piperidine rings is 1. The number of nitrogens with zero attached hydrogens (tertiary/aromatic N) is 2.